The fourth-order valence-corrected chi connectivity index (χ4v) is 2.86. The van der Waals surface area contributed by atoms with E-state index in [0.29, 0.717) is 0 Å². The summed E-state index contributed by atoms with van der Waals surface area (Å²) in [5, 5.41) is 3.50. The van der Waals surface area contributed by atoms with E-state index >= 15 is 0 Å². The van der Waals surface area contributed by atoms with Crippen molar-refractivity contribution in [2.24, 2.45) is 0 Å². The van der Waals surface area contributed by atoms with Crippen molar-refractivity contribution >= 4 is 0 Å². The molecule has 1 N–H and O–H groups in total. The van der Waals surface area contributed by atoms with Crippen LogP contribution in [0.4, 0.5) is 4.39 Å². The molecule has 0 radical (unpaired) electrons. The van der Waals surface area contributed by atoms with Crippen LogP contribution in [0.2, 0.25) is 0 Å². The summed E-state index contributed by atoms with van der Waals surface area (Å²) in [5.74, 6) is -0.157. The molecule has 0 aliphatic rings. The maximum atomic E-state index is 13.1. The summed E-state index contributed by atoms with van der Waals surface area (Å²) in [7, 11) is 0. The second-order valence-corrected chi connectivity index (χ2v) is 5.87. The Balaban J connectivity index is 1.90. The first-order valence-electron chi connectivity index (χ1n) is 7.50. The highest BCUT2D eigenvalue weighted by Gasteiger charge is 2.04. The van der Waals surface area contributed by atoms with E-state index < -0.39 is 0 Å². The Bertz CT molecular complexity index is 608. The highest BCUT2D eigenvalue weighted by atomic mass is 19.1. The van der Waals surface area contributed by atoms with Crippen molar-refractivity contribution in [3.05, 3.63) is 69.5 Å². The van der Waals surface area contributed by atoms with Gasteiger partial charge in [0, 0.05) is 6.54 Å². The Labute approximate surface area is 127 Å². The molecule has 0 fully saturated rings. The van der Waals surface area contributed by atoms with Crippen LogP contribution in [0, 0.1) is 33.5 Å². The van der Waals surface area contributed by atoms with Crippen molar-refractivity contribution in [3.8, 4) is 0 Å². The molecule has 2 rings (SSSR count). The van der Waals surface area contributed by atoms with Gasteiger partial charge in [0.2, 0.25) is 0 Å². The molecule has 112 valence electrons. The second-order valence-electron chi connectivity index (χ2n) is 5.87. The quantitative estimate of drug-likeness (QED) is 0.803. The first-order chi connectivity index (χ1) is 9.97. The number of rotatable bonds is 5. The van der Waals surface area contributed by atoms with Crippen molar-refractivity contribution in [2.45, 2.75) is 40.7 Å². The zero-order valence-corrected chi connectivity index (χ0v) is 13.4. The Kier molecular flexibility index (Phi) is 5.13. The normalized spacial score (nSPS) is 10.9. The molecule has 0 atom stereocenters. The molecule has 0 aromatic heterocycles. The Morgan fingerprint density at radius 2 is 1.57 bits per heavy atom. The lowest BCUT2D eigenvalue weighted by atomic mass is 9.99. The van der Waals surface area contributed by atoms with Gasteiger partial charge >= 0.3 is 0 Å². The summed E-state index contributed by atoms with van der Waals surface area (Å²) < 4.78 is 13.1. The molecule has 0 aliphatic carbocycles. The SMILES string of the molecule is Cc1cc(C)c(CNCCc2ccc(F)cc2C)c(C)c1. The first kappa shape index (κ1) is 15.7. The van der Waals surface area contributed by atoms with Gasteiger partial charge in [0.25, 0.3) is 0 Å². The van der Waals surface area contributed by atoms with E-state index in [1.807, 2.05) is 13.0 Å². The molecule has 2 aromatic carbocycles. The average molecular weight is 285 g/mol. The number of halogens is 1. The fraction of sp³-hybridized carbons (Fsp3) is 0.368. The summed E-state index contributed by atoms with van der Waals surface area (Å²) in [5.41, 5.74) is 7.63. The van der Waals surface area contributed by atoms with Gasteiger partial charge in [-0.2, -0.15) is 0 Å². The van der Waals surface area contributed by atoms with Crippen LogP contribution in [-0.4, -0.2) is 6.54 Å². The lowest BCUT2D eigenvalue weighted by Crippen LogP contribution is -2.18. The maximum absolute atomic E-state index is 13.1. The molecule has 2 aromatic rings. The van der Waals surface area contributed by atoms with Gasteiger partial charge in [0.1, 0.15) is 5.82 Å². The highest BCUT2D eigenvalue weighted by Crippen LogP contribution is 2.16. The third-order valence-electron chi connectivity index (χ3n) is 4.02. The number of nitrogens with one attached hydrogen (secondary N) is 1. The van der Waals surface area contributed by atoms with E-state index in [-0.39, 0.29) is 5.82 Å². The summed E-state index contributed by atoms with van der Waals surface area (Å²) in [6, 6.07) is 9.48. The Hall–Kier alpha value is -1.67. The van der Waals surface area contributed by atoms with Crippen LogP contribution in [0.25, 0.3) is 0 Å². The van der Waals surface area contributed by atoms with Gasteiger partial charge in [0.15, 0.2) is 0 Å². The van der Waals surface area contributed by atoms with E-state index in [1.165, 1.54) is 33.9 Å². The molecule has 0 heterocycles. The zero-order valence-electron chi connectivity index (χ0n) is 13.4. The zero-order chi connectivity index (χ0) is 15.4. The Morgan fingerprint density at radius 3 is 2.19 bits per heavy atom. The van der Waals surface area contributed by atoms with Crippen LogP contribution in [0.1, 0.15) is 33.4 Å². The van der Waals surface area contributed by atoms with E-state index in [2.05, 4.69) is 38.2 Å². The molecular formula is C19H24FN. The van der Waals surface area contributed by atoms with Crippen LogP contribution >= 0.6 is 0 Å². The van der Waals surface area contributed by atoms with Crippen LogP contribution in [0.5, 0.6) is 0 Å². The van der Waals surface area contributed by atoms with Gasteiger partial charge in [-0.1, -0.05) is 23.8 Å². The monoisotopic (exact) mass is 285 g/mol. The summed E-state index contributed by atoms with van der Waals surface area (Å²) >= 11 is 0. The molecular weight excluding hydrogens is 261 g/mol. The summed E-state index contributed by atoms with van der Waals surface area (Å²) in [6.07, 6.45) is 0.927. The molecule has 0 unspecified atom stereocenters. The molecule has 0 aliphatic heterocycles. The molecule has 0 saturated carbocycles. The van der Waals surface area contributed by atoms with Crippen molar-refractivity contribution in [3.63, 3.8) is 0 Å². The first-order valence-corrected chi connectivity index (χ1v) is 7.50. The molecule has 0 amide bonds. The van der Waals surface area contributed by atoms with Gasteiger partial charge in [-0.3, -0.25) is 0 Å². The van der Waals surface area contributed by atoms with Crippen LogP contribution < -0.4 is 5.32 Å². The fourth-order valence-electron chi connectivity index (χ4n) is 2.86. The number of benzene rings is 2. The smallest absolute Gasteiger partial charge is 0.123 e. The molecule has 1 nitrogen and oxygen atoms in total. The van der Waals surface area contributed by atoms with E-state index in [0.717, 1.165) is 25.1 Å². The molecule has 21 heavy (non-hydrogen) atoms. The maximum Gasteiger partial charge on any atom is 0.123 e. The third kappa shape index (κ3) is 4.15. The van der Waals surface area contributed by atoms with Gasteiger partial charge in [-0.05, 0) is 80.6 Å². The predicted molar refractivity (Wildman–Crippen MR) is 87.2 cm³/mol. The van der Waals surface area contributed by atoms with Crippen molar-refractivity contribution in [2.75, 3.05) is 6.54 Å². The van der Waals surface area contributed by atoms with E-state index in [4.69, 9.17) is 0 Å². The summed E-state index contributed by atoms with van der Waals surface area (Å²) in [6.45, 7) is 10.2. The minimum atomic E-state index is -0.157. The van der Waals surface area contributed by atoms with E-state index in [1.54, 1.807) is 6.07 Å². The minimum Gasteiger partial charge on any atom is -0.312 e. The second kappa shape index (κ2) is 6.86. The molecule has 0 spiro atoms. The van der Waals surface area contributed by atoms with Crippen LogP contribution in [0.3, 0.4) is 0 Å². The van der Waals surface area contributed by atoms with Crippen molar-refractivity contribution < 1.29 is 4.39 Å². The predicted octanol–water partition coefficient (Wildman–Crippen LogP) is 4.39. The van der Waals surface area contributed by atoms with Crippen LogP contribution in [0.15, 0.2) is 30.3 Å². The standard InChI is InChI=1S/C19H24FN/c1-13-9-15(3)19(16(4)10-13)12-21-8-7-17-5-6-18(20)11-14(17)2/h5-6,9-11,21H,7-8,12H2,1-4H3. The van der Waals surface area contributed by atoms with Gasteiger partial charge in [0.05, 0.1) is 0 Å². The van der Waals surface area contributed by atoms with Crippen LogP contribution in [-0.2, 0) is 13.0 Å². The number of aryl methyl sites for hydroxylation is 4. The third-order valence-corrected chi connectivity index (χ3v) is 4.02. The van der Waals surface area contributed by atoms with Crippen molar-refractivity contribution in [1.29, 1.82) is 0 Å². The van der Waals surface area contributed by atoms with Gasteiger partial charge in [-0.25, -0.2) is 4.39 Å². The number of hydrogen-bond donors (Lipinski definition) is 1. The molecule has 0 bridgehead atoms. The number of hydrogen-bond acceptors (Lipinski definition) is 1. The Morgan fingerprint density at radius 1 is 0.905 bits per heavy atom. The van der Waals surface area contributed by atoms with Gasteiger partial charge < -0.3 is 5.32 Å². The molecule has 2 heteroatoms. The summed E-state index contributed by atoms with van der Waals surface area (Å²) in [4.78, 5) is 0. The highest BCUT2D eigenvalue weighted by molar-refractivity contribution is 5.37. The molecule has 0 saturated heterocycles. The lowest BCUT2D eigenvalue weighted by Gasteiger charge is -2.13. The average Bonchev–Trinajstić information content (AvgIpc) is 2.38. The lowest BCUT2D eigenvalue weighted by molar-refractivity contribution is 0.624. The van der Waals surface area contributed by atoms with Crippen molar-refractivity contribution in [1.82, 2.24) is 5.32 Å². The largest absolute Gasteiger partial charge is 0.312 e. The van der Waals surface area contributed by atoms with Gasteiger partial charge in [-0.15, -0.1) is 0 Å². The topological polar surface area (TPSA) is 12.0 Å². The van der Waals surface area contributed by atoms with E-state index in [9.17, 15) is 4.39 Å². The minimum absolute atomic E-state index is 0.157.